The molecule has 2 aromatic carbocycles. The molecule has 2 heterocycles. The first-order valence-electron chi connectivity index (χ1n) is 12.7. The van der Waals surface area contributed by atoms with Crippen molar-refractivity contribution in [3.63, 3.8) is 0 Å². The summed E-state index contributed by atoms with van der Waals surface area (Å²) in [5.41, 5.74) is 11.3. The summed E-state index contributed by atoms with van der Waals surface area (Å²) in [6, 6.07) is 16.3. The quantitative estimate of drug-likeness (QED) is 0.307. The molecular formula is C29H32N4O4. The lowest BCUT2D eigenvalue weighted by atomic mass is 9.93. The SMILES string of the molecule is CCOC(=O)Cc1ccccc1OCc1nn(C2CCC2)c2ccc(-c3ccnc(CN)c3OC)cc12. The minimum atomic E-state index is -0.272. The van der Waals surface area contributed by atoms with E-state index in [4.69, 9.17) is 25.0 Å². The molecule has 0 unspecified atom stereocenters. The molecule has 0 amide bonds. The number of carbonyl (C=O) groups is 1. The molecule has 0 spiro atoms. The van der Waals surface area contributed by atoms with Crippen molar-refractivity contribution < 1.29 is 19.0 Å². The van der Waals surface area contributed by atoms with Gasteiger partial charge in [-0.15, -0.1) is 0 Å². The van der Waals surface area contributed by atoms with Crippen molar-refractivity contribution in [2.75, 3.05) is 13.7 Å². The summed E-state index contributed by atoms with van der Waals surface area (Å²) in [4.78, 5) is 16.4. The number of carbonyl (C=O) groups excluding carboxylic acids is 1. The number of nitrogens with zero attached hydrogens (tertiary/aromatic N) is 3. The first-order valence-corrected chi connectivity index (χ1v) is 12.7. The number of fused-ring (bicyclic) bond motifs is 1. The predicted octanol–water partition coefficient (Wildman–Crippen LogP) is 4.98. The summed E-state index contributed by atoms with van der Waals surface area (Å²) in [6.45, 7) is 2.73. The Hall–Kier alpha value is -3.91. The zero-order chi connectivity index (χ0) is 25.8. The maximum Gasteiger partial charge on any atom is 0.310 e. The lowest BCUT2D eigenvalue weighted by Gasteiger charge is -2.26. The summed E-state index contributed by atoms with van der Waals surface area (Å²) in [5, 5.41) is 6.02. The van der Waals surface area contributed by atoms with Crippen molar-refractivity contribution in [2.24, 2.45) is 5.73 Å². The number of para-hydroxylation sites is 1. The first-order chi connectivity index (χ1) is 18.1. The van der Waals surface area contributed by atoms with Gasteiger partial charge >= 0.3 is 5.97 Å². The Morgan fingerprint density at radius 3 is 2.70 bits per heavy atom. The number of benzene rings is 2. The van der Waals surface area contributed by atoms with Crippen LogP contribution in [-0.2, 0) is 29.1 Å². The third kappa shape index (κ3) is 5.02. The van der Waals surface area contributed by atoms with Crippen LogP contribution >= 0.6 is 0 Å². The minimum Gasteiger partial charge on any atom is -0.494 e. The van der Waals surface area contributed by atoms with Gasteiger partial charge in [-0.05, 0) is 56.0 Å². The zero-order valence-electron chi connectivity index (χ0n) is 21.3. The topological polar surface area (TPSA) is 101 Å². The molecule has 1 fully saturated rings. The van der Waals surface area contributed by atoms with E-state index in [0.29, 0.717) is 36.4 Å². The van der Waals surface area contributed by atoms with E-state index in [1.54, 1.807) is 20.2 Å². The fourth-order valence-corrected chi connectivity index (χ4v) is 4.78. The van der Waals surface area contributed by atoms with Gasteiger partial charge in [0.25, 0.3) is 0 Å². The van der Waals surface area contributed by atoms with Gasteiger partial charge < -0.3 is 19.9 Å². The second-order valence-corrected chi connectivity index (χ2v) is 9.13. The van der Waals surface area contributed by atoms with Gasteiger partial charge in [0.15, 0.2) is 0 Å². The van der Waals surface area contributed by atoms with Crippen molar-refractivity contribution >= 4 is 16.9 Å². The molecule has 37 heavy (non-hydrogen) atoms. The van der Waals surface area contributed by atoms with Crippen LogP contribution in [0.4, 0.5) is 0 Å². The van der Waals surface area contributed by atoms with Gasteiger partial charge in [0, 0.05) is 29.3 Å². The van der Waals surface area contributed by atoms with Gasteiger partial charge in [0.05, 0.1) is 37.4 Å². The average Bonchev–Trinajstić information content (AvgIpc) is 3.23. The predicted molar refractivity (Wildman–Crippen MR) is 141 cm³/mol. The highest BCUT2D eigenvalue weighted by molar-refractivity contribution is 5.88. The Morgan fingerprint density at radius 2 is 1.97 bits per heavy atom. The molecule has 1 aliphatic carbocycles. The van der Waals surface area contributed by atoms with Gasteiger partial charge in [-0.3, -0.25) is 14.5 Å². The smallest absolute Gasteiger partial charge is 0.310 e. The molecule has 4 aromatic rings. The summed E-state index contributed by atoms with van der Waals surface area (Å²) < 4.78 is 19.2. The molecule has 5 rings (SSSR count). The molecule has 1 saturated carbocycles. The molecule has 192 valence electrons. The minimum absolute atomic E-state index is 0.163. The number of aromatic nitrogens is 3. The summed E-state index contributed by atoms with van der Waals surface area (Å²) in [6.07, 6.45) is 5.38. The Kier molecular flexibility index (Phi) is 7.37. The highest BCUT2D eigenvalue weighted by Crippen LogP contribution is 2.38. The van der Waals surface area contributed by atoms with E-state index < -0.39 is 0 Å². The molecule has 8 nitrogen and oxygen atoms in total. The molecule has 0 saturated heterocycles. The van der Waals surface area contributed by atoms with Crippen LogP contribution in [-0.4, -0.2) is 34.5 Å². The molecule has 2 aromatic heterocycles. The van der Waals surface area contributed by atoms with E-state index in [2.05, 4.69) is 27.9 Å². The number of esters is 1. The third-order valence-corrected chi connectivity index (χ3v) is 6.87. The van der Waals surface area contributed by atoms with Crippen molar-refractivity contribution in [1.29, 1.82) is 0 Å². The zero-order valence-corrected chi connectivity index (χ0v) is 21.3. The van der Waals surface area contributed by atoms with Crippen molar-refractivity contribution in [3.05, 3.63) is 71.7 Å². The Bertz CT molecular complexity index is 1410. The number of rotatable bonds is 10. The van der Waals surface area contributed by atoms with Gasteiger partial charge in [0.1, 0.15) is 23.8 Å². The molecule has 0 bridgehead atoms. The normalized spacial score (nSPS) is 13.4. The summed E-state index contributed by atoms with van der Waals surface area (Å²) in [7, 11) is 1.64. The van der Waals surface area contributed by atoms with E-state index >= 15 is 0 Å². The van der Waals surface area contributed by atoms with E-state index in [9.17, 15) is 4.79 Å². The van der Waals surface area contributed by atoms with Crippen LogP contribution in [0.1, 0.15) is 49.2 Å². The number of pyridine rings is 1. The molecule has 0 aliphatic heterocycles. The van der Waals surface area contributed by atoms with Crippen LogP contribution in [0.15, 0.2) is 54.7 Å². The van der Waals surface area contributed by atoms with Crippen LogP contribution in [0.25, 0.3) is 22.0 Å². The molecule has 0 atom stereocenters. The number of hydrogen-bond acceptors (Lipinski definition) is 7. The Morgan fingerprint density at radius 1 is 1.14 bits per heavy atom. The lowest BCUT2D eigenvalue weighted by Crippen LogP contribution is -2.18. The summed E-state index contributed by atoms with van der Waals surface area (Å²) in [5.74, 6) is 1.06. The van der Waals surface area contributed by atoms with Crippen LogP contribution in [0.2, 0.25) is 0 Å². The molecule has 8 heteroatoms. The monoisotopic (exact) mass is 500 g/mol. The molecule has 2 N–H and O–H groups in total. The van der Waals surface area contributed by atoms with Gasteiger partial charge in [-0.2, -0.15) is 5.10 Å². The van der Waals surface area contributed by atoms with Crippen LogP contribution in [0.3, 0.4) is 0 Å². The number of ether oxygens (including phenoxy) is 3. The maximum atomic E-state index is 12.1. The molecule has 1 aliphatic rings. The highest BCUT2D eigenvalue weighted by Gasteiger charge is 2.24. The van der Waals surface area contributed by atoms with Crippen LogP contribution < -0.4 is 15.2 Å². The molecular weight excluding hydrogens is 468 g/mol. The molecule has 0 radical (unpaired) electrons. The number of nitrogens with two attached hydrogens (primary N) is 1. The highest BCUT2D eigenvalue weighted by atomic mass is 16.5. The van der Waals surface area contributed by atoms with Crippen molar-refractivity contribution in [2.45, 2.75) is 51.8 Å². The second kappa shape index (κ2) is 11.0. The average molecular weight is 501 g/mol. The standard InChI is InChI=1S/C29H32N4O4/c1-3-36-28(34)16-20-7-4-5-10-27(20)37-18-25-23-15-19(22-13-14-31-24(17-30)29(22)35-2)11-12-26(23)33(32-25)21-8-6-9-21/h4-5,7,10-15,21H,3,6,8-9,16-18,30H2,1-2H3. The van der Waals surface area contributed by atoms with E-state index in [1.165, 1.54) is 6.42 Å². The Labute approximate surface area is 216 Å². The van der Waals surface area contributed by atoms with Crippen LogP contribution in [0.5, 0.6) is 11.5 Å². The lowest BCUT2D eigenvalue weighted by molar-refractivity contribution is -0.142. The third-order valence-electron chi connectivity index (χ3n) is 6.87. The fourth-order valence-electron chi connectivity index (χ4n) is 4.78. The van der Waals surface area contributed by atoms with E-state index in [1.807, 2.05) is 30.3 Å². The van der Waals surface area contributed by atoms with Gasteiger partial charge in [0.2, 0.25) is 0 Å². The van der Waals surface area contributed by atoms with Gasteiger partial charge in [-0.1, -0.05) is 24.3 Å². The number of hydrogen-bond donors (Lipinski definition) is 1. The van der Waals surface area contributed by atoms with Crippen molar-refractivity contribution in [1.82, 2.24) is 14.8 Å². The van der Waals surface area contributed by atoms with Crippen molar-refractivity contribution in [3.8, 4) is 22.6 Å². The van der Waals surface area contributed by atoms with E-state index in [-0.39, 0.29) is 19.0 Å². The van der Waals surface area contributed by atoms with Gasteiger partial charge in [-0.25, -0.2) is 0 Å². The number of methoxy groups -OCH3 is 1. The Balaban J connectivity index is 1.51. The largest absolute Gasteiger partial charge is 0.494 e. The maximum absolute atomic E-state index is 12.1. The fraction of sp³-hybridized carbons (Fsp3) is 0.345. The summed E-state index contributed by atoms with van der Waals surface area (Å²) >= 11 is 0. The van der Waals surface area contributed by atoms with E-state index in [0.717, 1.165) is 46.1 Å². The first kappa shape index (κ1) is 24.8. The second-order valence-electron chi connectivity index (χ2n) is 9.13. The van der Waals surface area contributed by atoms with Crippen LogP contribution in [0, 0.1) is 0 Å².